The number of hydrogen-bond donors (Lipinski definition) is 0. The van der Waals surface area contributed by atoms with E-state index < -0.39 is 25.9 Å². The summed E-state index contributed by atoms with van der Waals surface area (Å²) in [6.07, 6.45) is 2.74. The van der Waals surface area contributed by atoms with Crippen molar-refractivity contribution in [3.63, 3.8) is 0 Å². The number of hydrogen-bond acceptors (Lipinski definition) is 4. The summed E-state index contributed by atoms with van der Waals surface area (Å²) in [5, 5.41) is 1.68. The van der Waals surface area contributed by atoms with Crippen LogP contribution in [0.2, 0.25) is 0 Å². The Balaban J connectivity index is 3.08. The van der Waals surface area contributed by atoms with E-state index in [-0.39, 0.29) is 0 Å². The number of alkyl halides is 3. The summed E-state index contributed by atoms with van der Waals surface area (Å²) in [7, 11) is -8.03. The molecule has 100 valence electrons. The van der Waals surface area contributed by atoms with Gasteiger partial charge in [0.2, 0.25) is 0 Å². The van der Waals surface area contributed by atoms with Crippen LogP contribution in [0.25, 0.3) is 0 Å². The zero-order valence-corrected chi connectivity index (χ0v) is 11.7. The Kier molecular flexibility index (Phi) is 3.88. The van der Waals surface area contributed by atoms with E-state index in [2.05, 4.69) is 3.63 Å². The Labute approximate surface area is 103 Å². The lowest BCUT2D eigenvalue weighted by atomic mass is 10.4. The van der Waals surface area contributed by atoms with Crippen LogP contribution in [-0.2, 0) is 13.7 Å². The van der Waals surface area contributed by atoms with E-state index >= 15 is 0 Å². The summed E-state index contributed by atoms with van der Waals surface area (Å²) in [6, 6.07) is 1.71. The maximum Gasteiger partial charge on any atom is 0.523 e. The van der Waals surface area contributed by atoms with Crippen LogP contribution in [0.4, 0.5) is 13.2 Å². The van der Waals surface area contributed by atoms with E-state index in [0.717, 1.165) is 5.56 Å². The SMILES string of the molecule is Cc1ccsc1S(C)(C)OS(=O)(=O)C(F)(F)F. The van der Waals surface area contributed by atoms with Gasteiger partial charge < -0.3 is 0 Å². The quantitative estimate of drug-likeness (QED) is 0.805. The Morgan fingerprint density at radius 2 is 1.82 bits per heavy atom. The molecule has 0 saturated heterocycles. The predicted octanol–water partition coefficient (Wildman–Crippen LogP) is 3.26. The second-order valence-electron chi connectivity index (χ2n) is 3.59. The van der Waals surface area contributed by atoms with E-state index in [1.54, 1.807) is 18.4 Å². The third-order valence-corrected chi connectivity index (χ3v) is 7.97. The highest BCUT2D eigenvalue weighted by Gasteiger charge is 2.50. The molecule has 0 radical (unpaired) electrons. The average molecular weight is 308 g/mol. The van der Waals surface area contributed by atoms with Gasteiger partial charge in [0, 0.05) is 0 Å². The van der Waals surface area contributed by atoms with Crippen molar-refractivity contribution in [1.29, 1.82) is 0 Å². The van der Waals surface area contributed by atoms with Gasteiger partial charge in [-0.2, -0.15) is 21.6 Å². The highest BCUT2D eigenvalue weighted by molar-refractivity contribution is 8.33. The van der Waals surface area contributed by atoms with E-state index in [4.69, 9.17) is 0 Å². The molecule has 0 fully saturated rings. The van der Waals surface area contributed by atoms with Crippen LogP contribution in [0.15, 0.2) is 15.7 Å². The van der Waals surface area contributed by atoms with Crippen molar-refractivity contribution in [2.75, 3.05) is 12.5 Å². The van der Waals surface area contributed by atoms with Gasteiger partial charge in [-0.15, -0.1) is 11.3 Å². The second kappa shape index (κ2) is 4.45. The molecule has 0 aliphatic heterocycles. The normalized spacial score (nSPS) is 14.9. The van der Waals surface area contributed by atoms with Crippen molar-refractivity contribution in [3.05, 3.63) is 17.0 Å². The van der Waals surface area contributed by atoms with Crippen molar-refractivity contribution < 1.29 is 25.2 Å². The molecule has 0 N–H and O–H groups in total. The molecule has 0 spiro atoms. The maximum absolute atomic E-state index is 12.2. The number of thiophene rings is 1. The molecule has 0 atom stereocenters. The first kappa shape index (κ1) is 14.8. The van der Waals surface area contributed by atoms with Gasteiger partial charge in [-0.25, -0.2) is 3.63 Å². The lowest BCUT2D eigenvalue weighted by Gasteiger charge is -2.29. The van der Waals surface area contributed by atoms with Gasteiger partial charge in [0.15, 0.2) is 0 Å². The van der Waals surface area contributed by atoms with Gasteiger partial charge in [-0.1, -0.05) is 10.3 Å². The zero-order valence-electron chi connectivity index (χ0n) is 9.24. The van der Waals surface area contributed by atoms with Crippen molar-refractivity contribution >= 4 is 31.8 Å². The van der Waals surface area contributed by atoms with Crippen molar-refractivity contribution in [2.45, 2.75) is 16.6 Å². The van der Waals surface area contributed by atoms with E-state index in [0.29, 0.717) is 4.21 Å². The minimum Gasteiger partial charge on any atom is -0.208 e. The van der Waals surface area contributed by atoms with Crippen LogP contribution in [-0.4, -0.2) is 26.4 Å². The predicted molar refractivity (Wildman–Crippen MR) is 62.8 cm³/mol. The molecule has 0 aliphatic carbocycles. The first-order valence-corrected chi connectivity index (χ1v) is 8.93. The van der Waals surface area contributed by atoms with Crippen LogP contribution < -0.4 is 0 Å². The summed E-state index contributed by atoms with van der Waals surface area (Å²) in [6.45, 7) is 1.70. The summed E-state index contributed by atoms with van der Waals surface area (Å²) in [5.74, 6) is 0. The van der Waals surface area contributed by atoms with Crippen molar-refractivity contribution in [1.82, 2.24) is 0 Å². The first-order valence-electron chi connectivity index (χ1n) is 4.27. The molecule has 0 saturated carbocycles. The average Bonchev–Trinajstić information content (AvgIpc) is 2.47. The van der Waals surface area contributed by atoms with Crippen LogP contribution in [0.3, 0.4) is 0 Å². The second-order valence-corrected chi connectivity index (χ2v) is 9.56. The van der Waals surface area contributed by atoms with Crippen LogP contribution in [0.1, 0.15) is 5.56 Å². The molecule has 0 amide bonds. The van der Waals surface area contributed by atoms with E-state index in [9.17, 15) is 21.6 Å². The van der Waals surface area contributed by atoms with Crippen molar-refractivity contribution in [3.8, 4) is 0 Å². The monoisotopic (exact) mass is 308 g/mol. The summed E-state index contributed by atoms with van der Waals surface area (Å²) in [5.41, 5.74) is -4.66. The lowest BCUT2D eigenvalue weighted by Crippen LogP contribution is -2.26. The maximum atomic E-state index is 12.2. The lowest BCUT2D eigenvalue weighted by molar-refractivity contribution is -0.0495. The minimum atomic E-state index is -5.55. The number of rotatable bonds is 3. The molecule has 1 heterocycles. The molecule has 1 aromatic heterocycles. The molecule has 9 heteroatoms. The number of aryl methyl sites for hydroxylation is 1. The standard InChI is InChI=1S/C8H11F3O3S3/c1-6-4-5-15-7(6)16(2,3)14-17(12,13)8(9,10)11/h4-5H,1-3H3. The number of halogens is 3. The highest BCUT2D eigenvalue weighted by atomic mass is 32.3. The molecular weight excluding hydrogens is 297 g/mol. The fraction of sp³-hybridized carbons (Fsp3) is 0.500. The van der Waals surface area contributed by atoms with Gasteiger partial charge in [0.25, 0.3) is 0 Å². The minimum absolute atomic E-state index is 0.533. The Morgan fingerprint density at radius 1 is 1.29 bits per heavy atom. The molecule has 0 aromatic carbocycles. The van der Waals surface area contributed by atoms with Gasteiger partial charge in [0.05, 0.1) is 4.21 Å². The Morgan fingerprint density at radius 3 is 2.18 bits per heavy atom. The smallest absolute Gasteiger partial charge is 0.208 e. The Bertz CT molecular complexity index is 502. The Hall–Kier alpha value is -0.250. The topological polar surface area (TPSA) is 43.4 Å². The molecule has 0 bridgehead atoms. The van der Waals surface area contributed by atoms with Crippen LogP contribution >= 0.6 is 21.6 Å². The fourth-order valence-electron chi connectivity index (χ4n) is 1.16. The summed E-state index contributed by atoms with van der Waals surface area (Å²) in [4.78, 5) is 0. The molecule has 3 nitrogen and oxygen atoms in total. The third-order valence-electron chi connectivity index (χ3n) is 1.80. The van der Waals surface area contributed by atoms with Crippen molar-refractivity contribution in [2.24, 2.45) is 0 Å². The third kappa shape index (κ3) is 3.15. The first-order chi connectivity index (χ1) is 7.47. The van der Waals surface area contributed by atoms with E-state index in [1.807, 2.05) is 0 Å². The fourth-order valence-corrected chi connectivity index (χ4v) is 6.34. The summed E-state index contributed by atoms with van der Waals surface area (Å²) < 4.78 is 63.4. The molecule has 1 aromatic rings. The molecule has 17 heavy (non-hydrogen) atoms. The van der Waals surface area contributed by atoms with Crippen LogP contribution in [0, 0.1) is 6.92 Å². The van der Waals surface area contributed by atoms with Gasteiger partial charge in [0.1, 0.15) is 0 Å². The van der Waals surface area contributed by atoms with E-state index in [1.165, 1.54) is 23.8 Å². The molecule has 1 rings (SSSR count). The van der Waals surface area contributed by atoms with Gasteiger partial charge in [-0.05, 0) is 36.4 Å². The molecular formula is C8H11F3O3S3. The molecule has 0 aliphatic rings. The summed E-state index contributed by atoms with van der Waals surface area (Å²) >= 11 is 1.19. The van der Waals surface area contributed by atoms with Gasteiger partial charge >= 0.3 is 15.6 Å². The largest absolute Gasteiger partial charge is 0.523 e. The molecule has 0 unspecified atom stereocenters. The highest BCUT2D eigenvalue weighted by Crippen LogP contribution is 2.56. The zero-order chi connectivity index (χ0) is 13.5. The van der Waals surface area contributed by atoms with Gasteiger partial charge in [-0.3, -0.25) is 0 Å². The van der Waals surface area contributed by atoms with Crippen LogP contribution in [0.5, 0.6) is 0 Å².